The number of nitrogens with one attached hydrogen (secondary N) is 2. The van der Waals surface area contributed by atoms with Gasteiger partial charge in [-0.1, -0.05) is 28.1 Å². The van der Waals surface area contributed by atoms with Crippen molar-refractivity contribution in [1.82, 2.24) is 24.3 Å². The number of rotatable bonds is 5. The van der Waals surface area contributed by atoms with Crippen molar-refractivity contribution >= 4 is 27.8 Å². The second-order valence-electron chi connectivity index (χ2n) is 5.18. The Balaban J connectivity index is 1.63. The molecule has 0 fully saturated rings. The molecular formula is C15H13BrN6O3. The van der Waals surface area contributed by atoms with Gasteiger partial charge in [-0.25, -0.2) is 14.5 Å². The summed E-state index contributed by atoms with van der Waals surface area (Å²) in [6, 6.07) is 8.92. The van der Waals surface area contributed by atoms with Crippen LogP contribution in [0, 0.1) is 0 Å². The molecule has 0 spiro atoms. The van der Waals surface area contributed by atoms with E-state index in [0.29, 0.717) is 6.54 Å². The lowest BCUT2D eigenvalue weighted by Gasteiger charge is -2.04. The Hall–Kier alpha value is -3.01. The zero-order chi connectivity index (χ0) is 17.8. The van der Waals surface area contributed by atoms with E-state index in [-0.39, 0.29) is 12.5 Å². The molecule has 25 heavy (non-hydrogen) atoms. The zero-order valence-corrected chi connectivity index (χ0v) is 14.4. The molecule has 10 heteroatoms. The molecule has 2 aromatic heterocycles. The van der Waals surface area contributed by atoms with Crippen molar-refractivity contribution in [2.75, 3.05) is 5.32 Å². The van der Waals surface area contributed by atoms with E-state index in [2.05, 4.69) is 36.3 Å². The predicted octanol–water partition coefficient (Wildman–Crippen LogP) is 0.578. The molecule has 1 amide bonds. The monoisotopic (exact) mass is 404 g/mol. The van der Waals surface area contributed by atoms with E-state index in [4.69, 9.17) is 0 Å². The van der Waals surface area contributed by atoms with Crippen molar-refractivity contribution < 1.29 is 4.79 Å². The van der Waals surface area contributed by atoms with Crippen LogP contribution in [0.3, 0.4) is 0 Å². The second kappa shape index (κ2) is 7.26. The van der Waals surface area contributed by atoms with E-state index in [1.807, 2.05) is 24.3 Å². The number of nitrogens with zero attached hydrogens (tertiary/aromatic N) is 4. The molecule has 2 heterocycles. The quantitative estimate of drug-likeness (QED) is 0.645. The molecule has 0 aliphatic heterocycles. The summed E-state index contributed by atoms with van der Waals surface area (Å²) in [5.41, 5.74) is -0.151. The van der Waals surface area contributed by atoms with Crippen LogP contribution in [0.5, 0.6) is 0 Å². The van der Waals surface area contributed by atoms with E-state index >= 15 is 0 Å². The Morgan fingerprint density at radius 2 is 2.12 bits per heavy atom. The first-order valence-electron chi connectivity index (χ1n) is 7.23. The molecule has 0 atom stereocenters. The zero-order valence-electron chi connectivity index (χ0n) is 12.8. The molecule has 2 N–H and O–H groups in total. The molecule has 1 aromatic carbocycles. The molecule has 0 aliphatic carbocycles. The smallest absolute Gasteiger partial charge is 0.292 e. The first kappa shape index (κ1) is 16.8. The van der Waals surface area contributed by atoms with E-state index in [1.54, 1.807) is 4.68 Å². The summed E-state index contributed by atoms with van der Waals surface area (Å²) in [5, 5.41) is 6.67. The van der Waals surface area contributed by atoms with Crippen molar-refractivity contribution in [3.05, 3.63) is 73.7 Å². The van der Waals surface area contributed by atoms with E-state index < -0.39 is 17.2 Å². The lowest BCUT2D eigenvalue weighted by molar-refractivity contribution is -0.116. The summed E-state index contributed by atoms with van der Waals surface area (Å²) >= 11 is 3.40. The van der Waals surface area contributed by atoms with E-state index in [0.717, 1.165) is 14.6 Å². The maximum absolute atomic E-state index is 12.0. The summed E-state index contributed by atoms with van der Waals surface area (Å²) in [6.07, 6.45) is 2.75. The minimum Gasteiger partial charge on any atom is -0.292 e. The number of hydrogen-bond acceptors (Lipinski definition) is 5. The number of anilines is 1. The highest BCUT2D eigenvalue weighted by Crippen LogP contribution is 2.12. The second-order valence-corrected chi connectivity index (χ2v) is 6.10. The average Bonchev–Trinajstić information content (AvgIpc) is 2.97. The van der Waals surface area contributed by atoms with Crippen LogP contribution in [-0.2, 0) is 17.9 Å². The van der Waals surface area contributed by atoms with Gasteiger partial charge in [0, 0.05) is 16.7 Å². The van der Waals surface area contributed by atoms with Crippen LogP contribution in [0.2, 0.25) is 0 Å². The van der Waals surface area contributed by atoms with Crippen LogP contribution in [-0.4, -0.2) is 30.2 Å². The Labute approximate surface area is 149 Å². The largest absolute Gasteiger partial charge is 0.328 e. The standard InChI is InChI=1S/C15H13BrN6O3/c16-11-3-1-2-10(6-11)7-22-9-17-14(20-22)18-13(24)8-21-5-4-12(23)19-15(21)25/h1-6,9H,7-8H2,(H,18,20,24)(H,19,23,25). The van der Waals surface area contributed by atoms with Gasteiger partial charge in [0.15, 0.2) is 0 Å². The third-order valence-electron chi connectivity index (χ3n) is 3.23. The third kappa shape index (κ3) is 4.51. The van der Waals surface area contributed by atoms with Crippen molar-refractivity contribution in [1.29, 1.82) is 0 Å². The first-order chi connectivity index (χ1) is 12.0. The predicted molar refractivity (Wildman–Crippen MR) is 93.2 cm³/mol. The number of carbonyl (C=O) groups is 1. The number of hydrogen-bond donors (Lipinski definition) is 2. The van der Waals surface area contributed by atoms with Gasteiger partial charge in [0.05, 0.1) is 6.54 Å². The van der Waals surface area contributed by atoms with Gasteiger partial charge < -0.3 is 0 Å². The minimum absolute atomic E-state index is 0.137. The molecule has 3 rings (SSSR count). The molecule has 3 aromatic rings. The van der Waals surface area contributed by atoms with Gasteiger partial charge in [-0.3, -0.25) is 24.5 Å². The molecule has 0 saturated heterocycles. The Morgan fingerprint density at radius 3 is 2.88 bits per heavy atom. The van der Waals surface area contributed by atoms with Crippen LogP contribution in [0.25, 0.3) is 0 Å². The van der Waals surface area contributed by atoms with Gasteiger partial charge in [-0.2, -0.15) is 0 Å². The SMILES string of the molecule is O=C(Cn1ccc(=O)[nH]c1=O)Nc1ncn(Cc2cccc(Br)c2)n1. The molecule has 0 saturated carbocycles. The van der Waals surface area contributed by atoms with Crippen LogP contribution in [0.4, 0.5) is 5.95 Å². The van der Waals surface area contributed by atoms with E-state index in [1.165, 1.54) is 18.6 Å². The molecule has 0 bridgehead atoms. The Morgan fingerprint density at radius 1 is 1.28 bits per heavy atom. The van der Waals surface area contributed by atoms with Gasteiger partial charge in [-0.15, -0.1) is 5.10 Å². The maximum atomic E-state index is 12.0. The fourth-order valence-electron chi connectivity index (χ4n) is 2.14. The van der Waals surface area contributed by atoms with Crippen molar-refractivity contribution in [3.63, 3.8) is 0 Å². The van der Waals surface area contributed by atoms with Gasteiger partial charge >= 0.3 is 5.69 Å². The lowest BCUT2D eigenvalue weighted by Crippen LogP contribution is -2.32. The van der Waals surface area contributed by atoms with Crippen LogP contribution >= 0.6 is 15.9 Å². The number of carbonyl (C=O) groups excluding carboxylic acids is 1. The highest BCUT2D eigenvalue weighted by Gasteiger charge is 2.09. The molecule has 9 nitrogen and oxygen atoms in total. The number of benzene rings is 1. The molecular weight excluding hydrogens is 392 g/mol. The first-order valence-corrected chi connectivity index (χ1v) is 8.02. The number of aromatic amines is 1. The fraction of sp³-hybridized carbons (Fsp3) is 0.133. The maximum Gasteiger partial charge on any atom is 0.328 e. The highest BCUT2D eigenvalue weighted by atomic mass is 79.9. The molecule has 128 valence electrons. The molecule has 0 aliphatic rings. The Kier molecular flexibility index (Phi) is 4.89. The summed E-state index contributed by atoms with van der Waals surface area (Å²) in [4.78, 5) is 40.6. The number of amides is 1. The van der Waals surface area contributed by atoms with Crippen molar-refractivity contribution in [2.24, 2.45) is 0 Å². The van der Waals surface area contributed by atoms with Gasteiger partial charge in [-0.05, 0) is 17.7 Å². The molecule has 0 radical (unpaired) electrons. The Bertz CT molecular complexity index is 1020. The third-order valence-corrected chi connectivity index (χ3v) is 3.73. The topological polar surface area (TPSA) is 115 Å². The van der Waals surface area contributed by atoms with E-state index in [9.17, 15) is 14.4 Å². The summed E-state index contributed by atoms with van der Waals surface area (Å²) in [6.45, 7) is 0.247. The van der Waals surface area contributed by atoms with Crippen LogP contribution in [0.15, 0.2) is 56.9 Å². The van der Waals surface area contributed by atoms with Gasteiger partial charge in [0.1, 0.15) is 12.9 Å². The van der Waals surface area contributed by atoms with Gasteiger partial charge in [0.2, 0.25) is 11.9 Å². The van der Waals surface area contributed by atoms with Gasteiger partial charge in [0.25, 0.3) is 5.56 Å². The highest BCUT2D eigenvalue weighted by molar-refractivity contribution is 9.10. The lowest BCUT2D eigenvalue weighted by atomic mass is 10.2. The average molecular weight is 405 g/mol. The summed E-state index contributed by atoms with van der Waals surface area (Å²) in [7, 11) is 0. The van der Waals surface area contributed by atoms with Crippen molar-refractivity contribution in [3.8, 4) is 0 Å². The normalized spacial score (nSPS) is 10.6. The van der Waals surface area contributed by atoms with Crippen molar-refractivity contribution in [2.45, 2.75) is 13.1 Å². The van der Waals surface area contributed by atoms with Crippen LogP contribution in [0.1, 0.15) is 5.56 Å². The number of aromatic nitrogens is 5. The summed E-state index contributed by atoms with van der Waals surface area (Å²) in [5.74, 6) is -0.341. The molecule has 0 unspecified atom stereocenters. The minimum atomic E-state index is -0.657. The number of halogens is 1. The summed E-state index contributed by atoms with van der Waals surface area (Å²) < 4.78 is 3.63. The number of H-pyrrole nitrogens is 1. The fourth-order valence-corrected chi connectivity index (χ4v) is 2.58. The van der Waals surface area contributed by atoms with Crippen LogP contribution < -0.4 is 16.6 Å².